The van der Waals surface area contributed by atoms with Gasteiger partial charge in [0.05, 0.1) is 5.41 Å². The Balaban J connectivity index is 1.23. The number of aryl methyl sites for hydroxylation is 2. The van der Waals surface area contributed by atoms with Gasteiger partial charge in [0, 0.05) is 22.5 Å². The third-order valence-corrected chi connectivity index (χ3v) is 12.4. The van der Waals surface area contributed by atoms with E-state index in [9.17, 15) is 0 Å². The molecule has 0 bridgehead atoms. The SMILES string of the molecule is Cc1ccccc1-c1ccc(N(c2ccc3c(c2)C(C)(C)c2ccccc2-3)c2ccc3c(c2)C(c2ccccc2)(c2ccccc2)c2ccccc2-3)cc1C. The number of hydrogen-bond donors (Lipinski definition) is 0. The minimum Gasteiger partial charge on any atom is -0.310 e. The fourth-order valence-electron chi connectivity index (χ4n) is 9.81. The van der Waals surface area contributed by atoms with Crippen LogP contribution in [0.4, 0.5) is 17.1 Å². The molecule has 2 aliphatic carbocycles. The number of benzene rings is 8. The highest BCUT2D eigenvalue weighted by molar-refractivity contribution is 5.91. The van der Waals surface area contributed by atoms with Gasteiger partial charge in [0.1, 0.15) is 0 Å². The van der Waals surface area contributed by atoms with Gasteiger partial charge < -0.3 is 4.90 Å². The highest BCUT2D eigenvalue weighted by atomic mass is 15.1. The van der Waals surface area contributed by atoms with Crippen molar-refractivity contribution in [2.24, 2.45) is 0 Å². The molecule has 2 aliphatic rings. The van der Waals surface area contributed by atoms with Crippen molar-refractivity contribution in [2.45, 2.75) is 38.5 Å². The summed E-state index contributed by atoms with van der Waals surface area (Å²) in [6, 6.07) is 70.1. The third-order valence-electron chi connectivity index (χ3n) is 12.4. The second-order valence-electron chi connectivity index (χ2n) is 15.8. The summed E-state index contributed by atoms with van der Waals surface area (Å²) in [7, 11) is 0. The zero-order valence-electron chi connectivity index (χ0n) is 31.8. The Hall–Kier alpha value is -6.44. The van der Waals surface area contributed by atoms with Gasteiger partial charge in [-0.1, -0.05) is 166 Å². The van der Waals surface area contributed by atoms with Crippen LogP contribution >= 0.6 is 0 Å². The van der Waals surface area contributed by atoms with Crippen LogP contribution in [-0.4, -0.2) is 0 Å². The molecule has 0 heterocycles. The summed E-state index contributed by atoms with van der Waals surface area (Å²) in [4.78, 5) is 2.48. The van der Waals surface area contributed by atoms with Crippen molar-refractivity contribution in [1.82, 2.24) is 0 Å². The Morgan fingerprint density at radius 2 is 0.745 bits per heavy atom. The lowest BCUT2D eigenvalue weighted by Gasteiger charge is -2.35. The molecule has 0 N–H and O–H groups in total. The molecule has 0 amide bonds. The van der Waals surface area contributed by atoms with E-state index in [0.29, 0.717) is 0 Å². The van der Waals surface area contributed by atoms with E-state index in [-0.39, 0.29) is 5.41 Å². The van der Waals surface area contributed by atoms with E-state index in [0.717, 1.165) is 17.1 Å². The maximum Gasteiger partial charge on any atom is 0.0714 e. The van der Waals surface area contributed by atoms with E-state index in [2.05, 4.69) is 221 Å². The average Bonchev–Trinajstić information content (AvgIpc) is 3.64. The second kappa shape index (κ2) is 12.6. The summed E-state index contributed by atoms with van der Waals surface area (Å²) in [5, 5.41) is 0. The molecule has 0 radical (unpaired) electrons. The average molecular weight is 706 g/mol. The number of rotatable bonds is 6. The fraction of sp³-hybridized carbons (Fsp3) is 0.111. The molecule has 0 spiro atoms. The topological polar surface area (TPSA) is 3.24 Å². The quantitative estimate of drug-likeness (QED) is 0.166. The van der Waals surface area contributed by atoms with Crippen molar-refractivity contribution in [1.29, 1.82) is 0 Å². The zero-order valence-corrected chi connectivity index (χ0v) is 31.8. The van der Waals surface area contributed by atoms with Crippen molar-refractivity contribution in [3.63, 3.8) is 0 Å². The lowest BCUT2D eigenvalue weighted by molar-refractivity contribution is 0.660. The molecule has 0 atom stereocenters. The van der Waals surface area contributed by atoms with Gasteiger partial charge in [-0.25, -0.2) is 0 Å². The smallest absolute Gasteiger partial charge is 0.0714 e. The lowest BCUT2D eigenvalue weighted by atomic mass is 9.67. The van der Waals surface area contributed by atoms with Crippen LogP contribution < -0.4 is 4.90 Å². The molecule has 0 unspecified atom stereocenters. The number of anilines is 3. The van der Waals surface area contributed by atoms with E-state index >= 15 is 0 Å². The zero-order chi connectivity index (χ0) is 37.3. The first-order valence-electron chi connectivity index (χ1n) is 19.4. The van der Waals surface area contributed by atoms with Gasteiger partial charge in [0.15, 0.2) is 0 Å². The predicted octanol–water partition coefficient (Wildman–Crippen LogP) is 14.1. The van der Waals surface area contributed by atoms with Crippen LogP contribution in [0.25, 0.3) is 33.4 Å². The predicted molar refractivity (Wildman–Crippen MR) is 231 cm³/mol. The molecule has 0 fully saturated rings. The summed E-state index contributed by atoms with van der Waals surface area (Å²) in [5.41, 5.74) is 21.1. The largest absolute Gasteiger partial charge is 0.310 e. The molecule has 8 aromatic carbocycles. The molecular formula is C54H43N. The highest BCUT2D eigenvalue weighted by Crippen LogP contribution is 2.58. The van der Waals surface area contributed by atoms with Crippen molar-refractivity contribution in [2.75, 3.05) is 4.90 Å². The first kappa shape index (κ1) is 33.2. The Kier molecular flexibility index (Phi) is 7.58. The minimum atomic E-state index is -0.484. The normalized spacial score (nSPS) is 14.1. The molecule has 1 nitrogen and oxygen atoms in total. The van der Waals surface area contributed by atoms with Crippen LogP contribution in [-0.2, 0) is 10.8 Å². The van der Waals surface area contributed by atoms with Crippen LogP contribution in [0.1, 0.15) is 58.4 Å². The number of fused-ring (bicyclic) bond motifs is 6. The summed E-state index contributed by atoms with van der Waals surface area (Å²) < 4.78 is 0. The van der Waals surface area contributed by atoms with Crippen LogP contribution in [0.3, 0.4) is 0 Å². The van der Waals surface area contributed by atoms with E-state index in [4.69, 9.17) is 0 Å². The Morgan fingerprint density at radius 1 is 0.327 bits per heavy atom. The van der Waals surface area contributed by atoms with Gasteiger partial charge in [-0.15, -0.1) is 0 Å². The lowest BCUT2D eigenvalue weighted by Crippen LogP contribution is -2.28. The van der Waals surface area contributed by atoms with Gasteiger partial charge >= 0.3 is 0 Å². The Morgan fingerprint density at radius 3 is 1.35 bits per heavy atom. The summed E-state index contributed by atoms with van der Waals surface area (Å²) in [6.45, 7) is 9.19. The monoisotopic (exact) mass is 705 g/mol. The molecule has 0 saturated heterocycles. The highest BCUT2D eigenvalue weighted by Gasteiger charge is 2.46. The second-order valence-corrected chi connectivity index (χ2v) is 15.8. The molecule has 0 saturated carbocycles. The van der Waals surface area contributed by atoms with Crippen molar-refractivity contribution in [3.05, 3.63) is 233 Å². The third kappa shape index (κ3) is 4.93. The molecule has 1 heteroatoms. The first-order valence-corrected chi connectivity index (χ1v) is 19.4. The first-order chi connectivity index (χ1) is 26.9. The van der Waals surface area contributed by atoms with Crippen LogP contribution in [0, 0.1) is 13.8 Å². The summed E-state index contributed by atoms with van der Waals surface area (Å²) >= 11 is 0. The van der Waals surface area contributed by atoms with Gasteiger partial charge in [-0.3, -0.25) is 0 Å². The molecular weight excluding hydrogens is 663 g/mol. The molecule has 8 aromatic rings. The van der Waals surface area contributed by atoms with Gasteiger partial charge in [0.25, 0.3) is 0 Å². The van der Waals surface area contributed by atoms with Gasteiger partial charge in [-0.2, -0.15) is 0 Å². The molecule has 10 rings (SSSR count). The van der Waals surface area contributed by atoms with E-state index < -0.39 is 5.41 Å². The van der Waals surface area contributed by atoms with Crippen LogP contribution in [0.15, 0.2) is 188 Å². The molecule has 0 aromatic heterocycles. The maximum absolute atomic E-state index is 2.48. The molecule has 55 heavy (non-hydrogen) atoms. The van der Waals surface area contributed by atoms with E-state index in [1.54, 1.807) is 0 Å². The Labute approximate surface area is 325 Å². The molecule has 264 valence electrons. The Bertz CT molecular complexity index is 2720. The van der Waals surface area contributed by atoms with Crippen LogP contribution in [0.2, 0.25) is 0 Å². The van der Waals surface area contributed by atoms with Crippen LogP contribution in [0.5, 0.6) is 0 Å². The standard InChI is InChI=1S/C54H43N/c1-36-17-11-12-22-43(36)44-30-27-40(33-37(44)2)55(41-28-31-47-45-23-13-15-25-49(45)53(3,4)51(47)34-41)42-29-32-48-46-24-14-16-26-50(46)54(52(48)35-42,38-18-7-5-8-19-38)39-20-9-6-10-21-39/h5-35H,1-4H3. The van der Waals surface area contributed by atoms with E-state index in [1.807, 2.05) is 0 Å². The van der Waals surface area contributed by atoms with Crippen molar-refractivity contribution < 1.29 is 0 Å². The van der Waals surface area contributed by atoms with Crippen molar-refractivity contribution >= 4 is 17.1 Å². The number of hydrogen-bond acceptors (Lipinski definition) is 1. The van der Waals surface area contributed by atoms with Crippen molar-refractivity contribution in [3.8, 4) is 33.4 Å². The summed E-state index contributed by atoms with van der Waals surface area (Å²) in [5.74, 6) is 0. The summed E-state index contributed by atoms with van der Waals surface area (Å²) in [6.07, 6.45) is 0. The number of nitrogens with zero attached hydrogens (tertiary/aromatic N) is 1. The fourth-order valence-corrected chi connectivity index (χ4v) is 9.81. The van der Waals surface area contributed by atoms with Gasteiger partial charge in [-0.05, 0) is 128 Å². The van der Waals surface area contributed by atoms with E-state index in [1.165, 1.54) is 77.9 Å². The van der Waals surface area contributed by atoms with Gasteiger partial charge in [0.2, 0.25) is 0 Å². The molecule has 0 aliphatic heterocycles. The maximum atomic E-state index is 2.48. The minimum absolute atomic E-state index is 0.117.